The topological polar surface area (TPSA) is 91.6 Å². The molecule has 1 heterocycles. The molecule has 0 fully saturated rings. The van der Waals surface area contributed by atoms with Crippen molar-refractivity contribution in [3.05, 3.63) is 24.2 Å². The van der Waals surface area contributed by atoms with Crippen LogP contribution in [0.5, 0.6) is 0 Å². The fourth-order valence-corrected chi connectivity index (χ4v) is 0.794. The molecule has 6 heteroatoms. The predicted molar refractivity (Wildman–Crippen MR) is 46.6 cm³/mol. The number of carboxylic acids is 1. The Kier molecular flexibility index (Phi) is 3.54. The van der Waals surface area contributed by atoms with Gasteiger partial charge in [-0.2, -0.15) is 0 Å². The highest BCUT2D eigenvalue weighted by molar-refractivity contribution is 5.79. The van der Waals surface area contributed by atoms with Crippen molar-refractivity contribution in [2.45, 2.75) is 6.54 Å². The average Bonchev–Trinajstić information content (AvgIpc) is 2.63. The molecule has 0 spiro atoms. The first-order valence-electron chi connectivity index (χ1n) is 3.93. The van der Waals surface area contributed by atoms with E-state index in [-0.39, 0.29) is 0 Å². The molecule has 0 aromatic carbocycles. The maximum atomic E-state index is 10.9. The van der Waals surface area contributed by atoms with Gasteiger partial charge in [-0.05, 0) is 6.07 Å². The number of carbonyl (C=O) groups excluding carboxylic acids is 1. The Bertz CT molecular complexity index is 307. The maximum Gasteiger partial charge on any atom is 0.323 e. The quantitative estimate of drug-likeness (QED) is 0.642. The van der Waals surface area contributed by atoms with Crippen molar-refractivity contribution in [2.24, 2.45) is 0 Å². The molecule has 1 aromatic heterocycles. The SMILES string of the molecule is O=C(O)CNC(=O)NCc1ccoc1. The normalized spacial score (nSPS) is 9.43. The molecule has 0 bridgehead atoms. The highest BCUT2D eigenvalue weighted by Crippen LogP contribution is 1.97. The van der Waals surface area contributed by atoms with Crippen LogP contribution in [0.1, 0.15) is 5.56 Å². The van der Waals surface area contributed by atoms with Crippen molar-refractivity contribution in [1.82, 2.24) is 10.6 Å². The lowest BCUT2D eigenvalue weighted by atomic mass is 10.3. The Hall–Kier alpha value is -1.98. The lowest BCUT2D eigenvalue weighted by Gasteiger charge is -2.03. The van der Waals surface area contributed by atoms with Crippen molar-refractivity contribution >= 4 is 12.0 Å². The summed E-state index contributed by atoms with van der Waals surface area (Å²) in [5.41, 5.74) is 0.815. The van der Waals surface area contributed by atoms with Crippen LogP contribution in [0.15, 0.2) is 23.0 Å². The van der Waals surface area contributed by atoms with E-state index >= 15 is 0 Å². The molecule has 0 aliphatic carbocycles. The van der Waals surface area contributed by atoms with Crippen LogP contribution in [0.4, 0.5) is 4.79 Å². The van der Waals surface area contributed by atoms with Crippen LogP contribution >= 0.6 is 0 Å². The largest absolute Gasteiger partial charge is 0.480 e. The number of urea groups is 1. The van der Waals surface area contributed by atoms with Crippen molar-refractivity contribution in [1.29, 1.82) is 0 Å². The molecule has 14 heavy (non-hydrogen) atoms. The summed E-state index contributed by atoms with van der Waals surface area (Å²) in [5, 5.41) is 12.9. The molecule has 0 aliphatic rings. The number of nitrogens with one attached hydrogen (secondary N) is 2. The van der Waals surface area contributed by atoms with Crippen LogP contribution in [-0.4, -0.2) is 23.7 Å². The number of hydrogen-bond acceptors (Lipinski definition) is 3. The minimum absolute atomic E-state index is 0.307. The maximum absolute atomic E-state index is 10.9. The molecule has 0 saturated heterocycles. The molecule has 0 atom stereocenters. The summed E-state index contributed by atoms with van der Waals surface area (Å²) < 4.78 is 4.78. The molecule has 0 radical (unpaired) electrons. The van der Waals surface area contributed by atoms with E-state index in [1.54, 1.807) is 6.07 Å². The van der Waals surface area contributed by atoms with Crippen molar-refractivity contribution < 1.29 is 19.1 Å². The Balaban J connectivity index is 2.18. The third-order valence-corrected chi connectivity index (χ3v) is 1.43. The summed E-state index contributed by atoms with van der Waals surface area (Å²) in [4.78, 5) is 21.0. The number of rotatable bonds is 4. The second-order valence-electron chi connectivity index (χ2n) is 2.56. The minimum Gasteiger partial charge on any atom is -0.480 e. The van der Waals surface area contributed by atoms with Gasteiger partial charge >= 0.3 is 12.0 Å². The summed E-state index contributed by atoms with van der Waals surface area (Å²) in [5.74, 6) is -1.08. The molecule has 0 aliphatic heterocycles. The van der Waals surface area contributed by atoms with Crippen molar-refractivity contribution in [3.8, 4) is 0 Å². The van der Waals surface area contributed by atoms with Gasteiger partial charge in [-0.1, -0.05) is 0 Å². The molecule has 2 amide bonds. The first kappa shape index (κ1) is 10.1. The molecule has 3 N–H and O–H groups in total. The Labute approximate surface area is 79.9 Å². The number of furan rings is 1. The third-order valence-electron chi connectivity index (χ3n) is 1.43. The van der Waals surface area contributed by atoms with Crippen LogP contribution in [0.25, 0.3) is 0 Å². The fourth-order valence-electron chi connectivity index (χ4n) is 0.794. The molecule has 1 rings (SSSR count). The van der Waals surface area contributed by atoms with Gasteiger partial charge in [0.05, 0.1) is 12.5 Å². The minimum atomic E-state index is -1.08. The smallest absolute Gasteiger partial charge is 0.323 e. The van der Waals surface area contributed by atoms with Crippen molar-refractivity contribution in [2.75, 3.05) is 6.54 Å². The zero-order valence-corrected chi connectivity index (χ0v) is 7.32. The number of carboxylic acid groups (broad SMARTS) is 1. The van der Waals surface area contributed by atoms with E-state index in [0.717, 1.165) is 5.56 Å². The zero-order chi connectivity index (χ0) is 10.4. The molecule has 6 nitrogen and oxygen atoms in total. The Morgan fingerprint density at radius 1 is 1.43 bits per heavy atom. The molecule has 1 aromatic rings. The highest BCUT2D eigenvalue weighted by Gasteiger charge is 2.02. The summed E-state index contributed by atoms with van der Waals surface area (Å²) in [6.45, 7) is -0.0842. The lowest BCUT2D eigenvalue weighted by molar-refractivity contribution is -0.135. The Morgan fingerprint density at radius 2 is 2.21 bits per heavy atom. The monoisotopic (exact) mass is 198 g/mol. The van der Waals surface area contributed by atoms with E-state index in [2.05, 4.69) is 10.6 Å². The molecule has 0 saturated carbocycles. The van der Waals surface area contributed by atoms with Gasteiger partial charge in [-0.15, -0.1) is 0 Å². The fraction of sp³-hybridized carbons (Fsp3) is 0.250. The zero-order valence-electron chi connectivity index (χ0n) is 7.32. The van der Waals surface area contributed by atoms with E-state index in [9.17, 15) is 9.59 Å². The highest BCUT2D eigenvalue weighted by atomic mass is 16.4. The Morgan fingerprint density at radius 3 is 2.79 bits per heavy atom. The van der Waals surface area contributed by atoms with Gasteiger partial charge in [-0.3, -0.25) is 4.79 Å². The summed E-state index contributed by atoms with van der Waals surface area (Å²) >= 11 is 0. The second-order valence-corrected chi connectivity index (χ2v) is 2.56. The standard InChI is InChI=1S/C8H10N2O4/c11-7(12)4-10-8(13)9-3-6-1-2-14-5-6/h1-2,5H,3-4H2,(H,11,12)(H2,9,10,13). The first-order valence-corrected chi connectivity index (χ1v) is 3.93. The van der Waals surface area contributed by atoms with Crippen LogP contribution in [0.3, 0.4) is 0 Å². The van der Waals surface area contributed by atoms with Gasteiger partial charge < -0.3 is 20.2 Å². The van der Waals surface area contributed by atoms with Gasteiger partial charge in [-0.25, -0.2) is 4.79 Å². The van der Waals surface area contributed by atoms with E-state index in [1.165, 1.54) is 12.5 Å². The van der Waals surface area contributed by atoms with E-state index in [0.29, 0.717) is 6.54 Å². The molecule has 76 valence electrons. The van der Waals surface area contributed by atoms with E-state index in [4.69, 9.17) is 9.52 Å². The lowest BCUT2D eigenvalue weighted by Crippen LogP contribution is -2.37. The van der Waals surface area contributed by atoms with E-state index < -0.39 is 18.5 Å². The van der Waals surface area contributed by atoms with Gasteiger partial charge in [0.25, 0.3) is 0 Å². The van der Waals surface area contributed by atoms with Crippen LogP contribution < -0.4 is 10.6 Å². The average molecular weight is 198 g/mol. The van der Waals surface area contributed by atoms with Gasteiger partial charge in [0.2, 0.25) is 0 Å². The van der Waals surface area contributed by atoms with Gasteiger partial charge in [0.1, 0.15) is 6.54 Å². The molecular weight excluding hydrogens is 188 g/mol. The van der Waals surface area contributed by atoms with Crippen LogP contribution in [0, 0.1) is 0 Å². The molecule has 0 unspecified atom stereocenters. The second kappa shape index (κ2) is 4.90. The first-order chi connectivity index (χ1) is 6.68. The van der Waals surface area contributed by atoms with Crippen LogP contribution in [0.2, 0.25) is 0 Å². The summed E-state index contributed by atoms with van der Waals surface area (Å²) in [6.07, 6.45) is 2.99. The van der Waals surface area contributed by atoms with E-state index in [1.807, 2.05) is 0 Å². The number of aliphatic carboxylic acids is 1. The van der Waals surface area contributed by atoms with Gasteiger partial charge in [0, 0.05) is 12.1 Å². The number of amides is 2. The summed E-state index contributed by atoms with van der Waals surface area (Å²) in [7, 11) is 0. The predicted octanol–water partition coefficient (Wildman–Crippen LogP) is 0.163. The van der Waals surface area contributed by atoms with Crippen LogP contribution in [-0.2, 0) is 11.3 Å². The third kappa shape index (κ3) is 3.61. The van der Waals surface area contributed by atoms with Crippen molar-refractivity contribution in [3.63, 3.8) is 0 Å². The number of carbonyl (C=O) groups is 2. The van der Waals surface area contributed by atoms with Gasteiger partial charge in [0.15, 0.2) is 0 Å². The molecular formula is C8H10N2O4. The number of hydrogen-bond donors (Lipinski definition) is 3. The summed E-state index contributed by atoms with van der Waals surface area (Å²) in [6, 6.07) is 1.19.